The van der Waals surface area contributed by atoms with Gasteiger partial charge in [-0.05, 0) is 61.5 Å². The number of halogens is 1. The lowest BCUT2D eigenvalue weighted by atomic mass is 10.1. The number of hydrogen-bond donors (Lipinski definition) is 1. The fraction of sp³-hybridized carbons (Fsp3) is 0.0909. The summed E-state index contributed by atoms with van der Waals surface area (Å²) in [6.07, 6.45) is 0. The number of rotatable bonds is 5. The van der Waals surface area contributed by atoms with E-state index in [9.17, 15) is 9.59 Å². The number of methoxy groups -OCH3 is 1. The third-order valence-corrected chi connectivity index (χ3v) is 4.24. The predicted molar refractivity (Wildman–Crippen MR) is 108 cm³/mol. The highest BCUT2D eigenvalue weighted by Crippen LogP contribution is 2.32. The number of amides is 1. The van der Waals surface area contributed by atoms with Crippen LogP contribution in [0.25, 0.3) is 0 Å². The average Bonchev–Trinajstić information content (AvgIpc) is 2.71. The quantitative estimate of drug-likeness (QED) is 0.581. The molecule has 0 aliphatic carbocycles. The Balaban J connectivity index is 1.81. The molecule has 28 heavy (non-hydrogen) atoms. The number of ether oxygens (including phenoxy) is 2. The monoisotopic (exact) mass is 395 g/mol. The SMILES string of the molecule is COC(=O)c1ccc(C(=O)Nc2cc(Cl)ccc2Oc2ccc(C)cc2)cc1. The van der Waals surface area contributed by atoms with E-state index in [4.69, 9.17) is 16.3 Å². The van der Waals surface area contributed by atoms with Crippen molar-refractivity contribution in [3.63, 3.8) is 0 Å². The fourth-order valence-electron chi connectivity index (χ4n) is 2.49. The lowest BCUT2D eigenvalue weighted by molar-refractivity contribution is 0.0600. The van der Waals surface area contributed by atoms with Crippen LogP contribution in [0.3, 0.4) is 0 Å². The Morgan fingerprint density at radius 2 is 1.54 bits per heavy atom. The minimum Gasteiger partial charge on any atom is -0.465 e. The van der Waals surface area contributed by atoms with Crippen LogP contribution in [0.5, 0.6) is 11.5 Å². The maximum Gasteiger partial charge on any atom is 0.337 e. The molecule has 0 radical (unpaired) electrons. The Kier molecular flexibility index (Phi) is 5.96. The van der Waals surface area contributed by atoms with Gasteiger partial charge in [-0.1, -0.05) is 29.3 Å². The standard InChI is InChI=1S/C22H18ClNO4/c1-14-3-10-18(11-4-14)28-20-12-9-17(23)13-19(20)24-21(25)15-5-7-16(8-6-15)22(26)27-2/h3-13H,1-2H3,(H,24,25). The molecule has 3 aromatic carbocycles. The Morgan fingerprint density at radius 1 is 0.893 bits per heavy atom. The highest BCUT2D eigenvalue weighted by molar-refractivity contribution is 6.31. The molecule has 1 amide bonds. The molecule has 6 heteroatoms. The Bertz CT molecular complexity index is 998. The van der Waals surface area contributed by atoms with Crippen molar-refractivity contribution in [2.24, 2.45) is 0 Å². The minimum atomic E-state index is -0.462. The molecule has 0 atom stereocenters. The van der Waals surface area contributed by atoms with Crippen molar-refractivity contribution in [3.8, 4) is 11.5 Å². The molecular weight excluding hydrogens is 378 g/mol. The molecule has 3 aromatic rings. The number of carbonyl (C=O) groups excluding carboxylic acids is 2. The lowest BCUT2D eigenvalue weighted by Gasteiger charge is -2.13. The summed E-state index contributed by atoms with van der Waals surface area (Å²) >= 11 is 6.08. The number of hydrogen-bond acceptors (Lipinski definition) is 4. The molecule has 0 unspecified atom stereocenters. The second-order valence-electron chi connectivity index (χ2n) is 6.08. The van der Waals surface area contributed by atoms with E-state index in [1.54, 1.807) is 30.3 Å². The number of benzene rings is 3. The summed E-state index contributed by atoms with van der Waals surface area (Å²) in [6, 6.07) is 18.7. The average molecular weight is 396 g/mol. The van der Waals surface area contributed by atoms with Crippen LogP contribution < -0.4 is 10.1 Å². The van der Waals surface area contributed by atoms with Gasteiger partial charge < -0.3 is 14.8 Å². The van der Waals surface area contributed by atoms with Crippen molar-refractivity contribution in [2.45, 2.75) is 6.92 Å². The molecule has 0 spiro atoms. The largest absolute Gasteiger partial charge is 0.465 e. The molecule has 5 nitrogen and oxygen atoms in total. The van der Waals surface area contributed by atoms with Gasteiger partial charge in [-0.25, -0.2) is 4.79 Å². The molecule has 0 fully saturated rings. The third-order valence-electron chi connectivity index (χ3n) is 4.01. The van der Waals surface area contributed by atoms with Gasteiger partial charge in [0.1, 0.15) is 5.75 Å². The van der Waals surface area contributed by atoms with Crippen molar-refractivity contribution >= 4 is 29.2 Å². The maximum absolute atomic E-state index is 12.6. The normalized spacial score (nSPS) is 10.2. The number of carbonyl (C=O) groups is 2. The van der Waals surface area contributed by atoms with Gasteiger partial charge in [0, 0.05) is 10.6 Å². The van der Waals surface area contributed by atoms with Gasteiger partial charge in [-0.3, -0.25) is 4.79 Å². The van der Waals surface area contributed by atoms with Crippen LogP contribution in [0, 0.1) is 6.92 Å². The Labute approximate surface area is 167 Å². The van der Waals surface area contributed by atoms with E-state index in [0.29, 0.717) is 33.3 Å². The summed E-state index contributed by atoms with van der Waals surface area (Å²) in [7, 11) is 1.30. The number of anilines is 1. The van der Waals surface area contributed by atoms with Crippen LogP contribution in [0.4, 0.5) is 5.69 Å². The zero-order valence-electron chi connectivity index (χ0n) is 15.4. The van der Waals surface area contributed by atoms with Crippen LogP contribution in [-0.2, 0) is 4.74 Å². The van der Waals surface area contributed by atoms with Gasteiger partial charge in [0.15, 0.2) is 5.75 Å². The number of aryl methyl sites for hydroxylation is 1. The van der Waals surface area contributed by atoms with Gasteiger partial charge in [-0.15, -0.1) is 0 Å². The van der Waals surface area contributed by atoms with Crippen LogP contribution in [0.15, 0.2) is 66.7 Å². The van der Waals surface area contributed by atoms with Gasteiger partial charge >= 0.3 is 5.97 Å². The second kappa shape index (κ2) is 8.59. The van der Waals surface area contributed by atoms with Crippen molar-refractivity contribution in [1.82, 2.24) is 0 Å². The first kappa shape index (κ1) is 19.5. The highest BCUT2D eigenvalue weighted by atomic mass is 35.5. The zero-order valence-corrected chi connectivity index (χ0v) is 16.1. The van der Waals surface area contributed by atoms with Crippen LogP contribution in [0.2, 0.25) is 5.02 Å². The van der Waals surface area contributed by atoms with E-state index < -0.39 is 5.97 Å². The van der Waals surface area contributed by atoms with Crippen LogP contribution in [0.1, 0.15) is 26.3 Å². The molecule has 1 N–H and O–H groups in total. The van der Waals surface area contributed by atoms with E-state index in [0.717, 1.165) is 5.56 Å². The molecular formula is C22H18ClNO4. The molecule has 0 saturated carbocycles. The lowest BCUT2D eigenvalue weighted by Crippen LogP contribution is -2.13. The maximum atomic E-state index is 12.6. The van der Waals surface area contributed by atoms with Crippen LogP contribution in [-0.4, -0.2) is 19.0 Å². The molecule has 0 bridgehead atoms. The third kappa shape index (κ3) is 4.69. The van der Waals surface area contributed by atoms with E-state index in [1.807, 2.05) is 31.2 Å². The summed E-state index contributed by atoms with van der Waals surface area (Å²) in [6.45, 7) is 1.99. The Hall–Kier alpha value is -3.31. The summed E-state index contributed by atoms with van der Waals surface area (Å²) in [4.78, 5) is 24.1. The fourth-order valence-corrected chi connectivity index (χ4v) is 2.66. The highest BCUT2D eigenvalue weighted by Gasteiger charge is 2.13. The van der Waals surface area contributed by atoms with Gasteiger partial charge in [0.25, 0.3) is 5.91 Å². The molecule has 142 valence electrons. The number of esters is 1. The molecule has 0 aliphatic heterocycles. The van der Waals surface area contributed by atoms with E-state index in [2.05, 4.69) is 10.1 Å². The summed E-state index contributed by atoms with van der Waals surface area (Å²) in [5, 5.41) is 3.26. The van der Waals surface area contributed by atoms with E-state index >= 15 is 0 Å². The van der Waals surface area contributed by atoms with Crippen molar-refractivity contribution < 1.29 is 19.1 Å². The molecule has 0 aliphatic rings. The Morgan fingerprint density at radius 3 is 2.18 bits per heavy atom. The molecule has 0 saturated heterocycles. The van der Waals surface area contributed by atoms with E-state index in [1.165, 1.54) is 19.2 Å². The first-order valence-corrected chi connectivity index (χ1v) is 8.88. The van der Waals surface area contributed by atoms with Gasteiger partial charge in [0.2, 0.25) is 0 Å². The van der Waals surface area contributed by atoms with Gasteiger partial charge in [-0.2, -0.15) is 0 Å². The van der Waals surface area contributed by atoms with Crippen molar-refractivity contribution in [3.05, 3.63) is 88.4 Å². The molecule has 0 heterocycles. The first-order valence-electron chi connectivity index (χ1n) is 8.50. The van der Waals surface area contributed by atoms with Crippen molar-refractivity contribution in [1.29, 1.82) is 0 Å². The van der Waals surface area contributed by atoms with Gasteiger partial charge in [0.05, 0.1) is 18.4 Å². The minimum absolute atomic E-state index is 0.354. The van der Waals surface area contributed by atoms with Crippen LogP contribution >= 0.6 is 11.6 Å². The topological polar surface area (TPSA) is 64.6 Å². The molecule has 3 rings (SSSR count). The van der Waals surface area contributed by atoms with Crippen molar-refractivity contribution in [2.75, 3.05) is 12.4 Å². The molecule has 0 aromatic heterocycles. The second-order valence-corrected chi connectivity index (χ2v) is 6.52. The predicted octanol–water partition coefficient (Wildman–Crippen LogP) is 5.48. The first-order chi connectivity index (χ1) is 13.5. The number of nitrogens with one attached hydrogen (secondary N) is 1. The summed E-state index contributed by atoms with van der Waals surface area (Å²) < 4.78 is 10.5. The summed E-state index contributed by atoms with van der Waals surface area (Å²) in [5.41, 5.74) is 2.31. The summed E-state index contributed by atoms with van der Waals surface area (Å²) in [5.74, 6) is 0.293. The van der Waals surface area contributed by atoms with E-state index in [-0.39, 0.29) is 5.91 Å². The smallest absolute Gasteiger partial charge is 0.337 e. The zero-order chi connectivity index (χ0) is 20.1.